The number of nitrogens with two attached hydrogens (primary N) is 1. The molecule has 2 amide bonds. The molecule has 9 heteroatoms. The van der Waals surface area contributed by atoms with Crippen LogP contribution in [0.1, 0.15) is 42.4 Å². The van der Waals surface area contributed by atoms with Crippen LogP contribution < -0.4 is 5.73 Å². The van der Waals surface area contributed by atoms with E-state index in [1.807, 2.05) is 0 Å². The molecule has 1 atom stereocenters. The lowest BCUT2D eigenvalue weighted by Crippen LogP contribution is -2.56. The Kier molecular flexibility index (Phi) is 5.75. The Morgan fingerprint density at radius 2 is 1.75 bits per heavy atom. The van der Waals surface area contributed by atoms with Crippen LogP contribution in [0.15, 0.2) is 53.5 Å². The van der Waals surface area contributed by atoms with Crippen molar-refractivity contribution in [1.29, 1.82) is 0 Å². The van der Waals surface area contributed by atoms with Gasteiger partial charge < -0.3 is 10.6 Å². The van der Waals surface area contributed by atoms with Gasteiger partial charge in [-0.25, -0.2) is 0 Å². The van der Waals surface area contributed by atoms with Crippen LogP contribution >= 0.6 is 11.6 Å². The maximum atomic E-state index is 13.5. The summed E-state index contributed by atoms with van der Waals surface area (Å²) in [6.07, 6.45) is -1.64. The summed E-state index contributed by atoms with van der Waals surface area (Å²) in [5, 5.41) is 0.453. The van der Waals surface area contributed by atoms with E-state index in [4.69, 9.17) is 17.3 Å². The zero-order valence-electron chi connectivity index (χ0n) is 17.0. The highest BCUT2D eigenvalue weighted by atomic mass is 35.5. The van der Waals surface area contributed by atoms with Crippen LogP contribution in [0.4, 0.5) is 13.2 Å². The first-order valence-corrected chi connectivity index (χ1v) is 10.6. The van der Waals surface area contributed by atoms with Crippen LogP contribution in [-0.4, -0.2) is 34.1 Å². The second-order valence-corrected chi connectivity index (χ2v) is 8.52. The zero-order valence-corrected chi connectivity index (χ0v) is 17.8. The number of halogens is 4. The van der Waals surface area contributed by atoms with Gasteiger partial charge in [0, 0.05) is 17.0 Å². The van der Waals surface area contributed by atoms with E-state index >= 15 is 0 Å². The molecule has 2 aromatic carbocycles. The van der Waals surface area contributed by atoms with Gasteiger partial charge in [-0.2, -0.15) is 13.2 Å². The number of benzene rings is 2. The molecule has 2 aromatic rings. The molecule has 1 fully saturated rings. The Morgan fingerprint density at radius 1 is 1.12 bits per heavy atom. The number of alkyl halides is 3. The lowest BCUT2D eigenvalue weighted by atomic mass is 9.98. The van der Waals surface area contributed by atoms with Crippen molar-refractivity contribution in [2.75, 3.05) is 0 Å². The molecule has 5 nitrogen and oxygen atoms in total. The minimum absolute atomic E-state index is 0.0473. The normalized spacial score (nSPS) is 18.8. The molecule has 168 valence electrons. The van der Waals surface area contributed by atoms with Crippen molar-refractivity contribution in [3.63, 3.8) is 0 Å². The maximum absolute atomic E-state index is 13.5. The predicted molar refractivity (Wildman–Crippen MR) is 114 cm³/mol. The highest BCUT2D eigenvalue weighted by molar-refractivity contribution is 6.47. The van der Waals surface area contributed by atoms with E-state index in [2.05, 4.69) is 4.99 Å². The summed E-state index contributed by atoms with van der Waals surface area (Å²) in [5.41, 5.74) is 4.97. The van der Waals surface area contributed by atoms with Gasteiger partial charge in [0.05, 0.1) is 5.56 Å². The average Bonchev–Trinajstić information content (AvgIpc) is 3.32. The molecule has 0 saturated heterocycles. The highest BCUT2D eigenvalue weighted by Crippen LogP contribution is 2.43. The van der Waals surface area contributed by atoms with E-state index in [1.165, 1.54) is 17.0 Å². The standard InChI is InChI=1S/C23H21ClF3N3O2/c24-17-6-2-1-5-15(17)13-18(20(28)31)30-21(32)19(29-22(30)11-3-4-12-22)14-7-9-16(10-8-14)23(25,26)27/h1-2,5-10,18H,3-4,11-13H2,(H2,28,31). The fourth-order valence-electron chi connectivity index (χ4n) is 4.53. The Hall–Kier alpha value is -2.87. The van der Waals surface area contributed by atoms with E-state index in [1.54, 1.807) is 24.3 Å². The molecule has 1 aliphatic carbocycles. The lowest BCUT2D eigenvalue weighted by molar-refractivity contribution is -0.139. The first-order valence-electron chi connectivity index (χ1n) is 10.3. The van der Waals surface area contributed by atoms with E-state index in [0.29, 0.717) is 23.4 Å². The van der Waals surface area contributed by atoms with Gasteiger partial charge in [0.1, 0.15) is 17.4 Å². The monoisotopic (exact) mass is 463 g/mol. The van der Waals surface area contributed by atoms with Crippen molar-refractivity contribution in [1.82, 2.24) is 4.90 Å². The summed E-state index contributed by atoms with van der Waals surface area (Å²) in [7, 11) is 0. The number of hydrogen-bond donors (Lipinski definition) is 1. The van der Waals surface area contributed by atoms with Crippen LogP contribution in [0.2, 0.25) is 5.02 Å². The fourth-order valence-corrected chi connectivity index (χ4v) is 4.75. The number of carbonyl (C=O) groups excluding carboxylic acids is 2. The topological polar surface area (TPSA) is 75.8 Å². The minimum atomic E-state index is -4.48. The predicted octanol–water partition coefficient (Wildman–Crippen LogP) is 4.36. The zero-order chi connectivity index (χ0) is 23.1. The minimum Gasteiger partial charge on any atom is -0.368 e. The van der Waals surface area contributed by atoms with E-state index in [-0.39, 0.29) is 17.7 Å². The maximum Gasteiger partial charge on any atom is 0.416 e. The van der Waals surface area contributed by atoms with Gasteiger partial charge in [0.15, 0.2) is 0 Å². The van der Waals surface area contributed by atoms with Crippen molar-refractivity contribution < 1.29 is 22.8 Å². The Morgan fingerprint density at radius 3 is 2.31 bits per heavy atom. The molecule has 2 aliphatic rings. The molecular weight excluding hydrogens is 443 g/mol. The summed E-state index contributed by atoms with van der Waals surface area (Å²) >= 11 is 6.27. The molecule has 0 radical (unpaired) electrons. The fraction of sp³-hybridized carbons (Fsp3) is 0.348. The molecular formula is C23H21ClF3N3O2. The van der Waals surface area contributed by atoms with E-state index < -0.39 is 35.3 Å². The largest absolute Gasteiger partial charge is 0.416 e. The summed E-state index contributed by atoms with van der Waals surface area (Å²) in [4.78, 5) is 32.1. The second-order valence-electron chi connectivity index (χ2n) is 8.11. The quantitative estimate of drug-likeness (QED) is 0.715. The van der Waals surface area contributed by atoms with Crippen LogP contribution in [-0.2, 0) is 22.2 Å². The number of hydrogen-bond acceptors (Lipinski definition) is 3. The SMILES string of the molecule is NC(=O)C(Cc1ccccc1Cl)N1C(=O)C(c2ccc(C(F)(F)F)cc2)=NC12CCCC2. The summed E-state index contributed by atoms with van der Waals surface area (Å²) < 4.78 is 38.8. The van der Waals surface area contributed by atoms with Gasteiger partial charge in [-0.1, -0.05) is 41.9 Å². The Labute approximate surface area is 188 Å². The van der Waals surface area contributed by atoms with Crippen LogP contribution in [0.5, 0.6) is 0 Å². The van der Waals surface area contributed by atoms with Crippen LogP contribution in [0.3, 0.4) is 0 Å². The van der Waals surface area contributed by atoms with Crippen LogP contribution in [0.25, 0.3) is 0 Å². The summed E-state index contributed by atoms with van der Waals surface area (Å²) in [6, 6.07) is 10.3. The van der Waals surface area contributed by atoms with Crippen molar-refractivity contribution >= 4 is 29.1 Å². The van der Waals surface area contributed by atoms with Crippen molar-refractivity contribution in [2.24, 2.45) is 10.7 Å². The molecule has 1 saturated carbocycles. The third kappa shape index (κ3) is 3.99. The summed E-state index contributed by atoms with van der Waals surface area (Å²) in [5.74, 6) is -1.20. The van der Waals surface area contributed by atoms with Crippen molar-refractivity contribution in [3.8, 4) is 0 Å². The van der Waals surface area contributed by atoms with Gasteiger partial charge in [0.25, 0.3) is 5.91 Å². The average molecular weight is 464 g/mol. The first-order chi connectivity index (χ1) is 15.1. The van der Waals surface area contributed by atoms with Crippen LogP contribution in [0, 0.1) is 0 Å². The van der Waals surface area contributed by atoms with Gasteiger partial charge in [-0.3, -0.25) is 14.6 Å². The number of carbonyl (C=O) groups is 2. The highest BCUT2D eigenvalue weighted by Gasteiger charge is 2.52. The molecule has 4 rings (SSSR count). The van der Waals surface area contributed by atoms with Gasteiger partial charge in [0.2, 0.25) is 5.91 Å². The van der Waals surface area contributed by atoms with Gasteiger partial charge >= 0.3 is 6.18 Å². The second kappa shape index (κ2) is 8.24. The molecule has 1 unspecified atom stereocenters. The molecule has 0 aromatic heterocycles. The van der Waals surface area contributed by atoms with Crippen molar-refractivity contribution in [3.05, 3.63) is 70.2 Å². The Balaban J connectivity index is 1.72. The number of aliphatic imine (C=N–C) groups is 1. The van der Waals surface area contributed by atoms with E-state index in [0.717, 1.165) is 25.0 Å². The van der Waals surface area contributed by atoms with Gasteiger partial charge in [-0.05, 0) is 49.4 Å². The third-order valence-electron chi connectivity index (χ3n) is 6.09. The molecule has 0 bridgehead atoms. The first kappa shape index (κ1) is 22.3. The number of rotatable bonds is 5. The smallest absolute Gasteiger partial charge is 0.368 e. The molecule has 1 spiro atoms. The molecule has 32 heavy (non-hydrogen) atoms. The lowest BCUT2D eigenvalue weighted by Gasteiger charge is -2.37. The summed E-state index contributed by atoms with van der Waals surface area (Å²) in [6.45, 7) is 0. The number of primary amides is 1. The number of amides is 2. The number of nitrogens with zero attached hydrogens (tertiary/aromatic N) is 2. The Bertz CT molecular complexity index is 1080. The third-order valence-corrected chi connectivity index (χ3v) is 6.46. The molecule has 2 N–H and O–H groups in total. The van der Waals surface area contributed by atoms with E-state index in [9.17, 15) is 22.8 Å². The molecule has 1 heterocycles. The van der Waals surface area contributed by atoms with Gasteiger partial charge in [-0.15, -0.1) is 0 Å². The van der Waals surface area contributed by atoms with Crippen molar-refractivity contribution in [2.45, 2.75) is 50.0 Å². The molecule has 1 aliphatic heterocycles.